The van der Waals surface area contributed by atoms with Crippen molar-refractivity contribution in [1.29, 1.82) is 0 Å². The third-order valence-corrected chi connectivity index (χ3v) is 1.27. The second-order valence-corrected chi connectivity index (χ2v) is 2.14. The van der Waals surface area contributed by atoms with Gasteiger partial charge in [0.2, 0.25) is 0 Å². The second-order valence-electron chi connectivity index (χ2n) is 2.14. The number of carboxylic acids is 1. The zero-order valence-electron chi connectivity index (χ0n) is 6.90. The first-order valence-electron chi connectivity index (χ1n) is 3.49. The van der Waals surface area contributed by atoms with Crippen molar-refractivity contribution in [3.63, 3.8) is 0 Å². The fraction of sp³-hybridized carbons (Fsp3) is 0.222. The number of aliphatic carboxylic acids is 1. The van der Waals surface area contributed by atoms with Gasteiger partial charge in [-0.3, -0.25) is 0 Å². The lowest BCUT2D eigenvalue weighted by atomic mass is 10.1. The minimum Gasteiger partial charge on any atom is -0.479 e. The molecule has 0 spiro atoms. The van der Waals surface area contributed by atoms with Gasteiger partial charge in [-0.1, -0.05) is 30.9 Å². The Morgan fingerprint density at radius 2 is 2.17 bits per heavy atom. The van der Waals surface area contributed by atoms with Gasteiger partial charge in [0.1, 0.15) is 0 Å². The van der Waals surface area contributed by atoms with Crippen LogP contribution in [0.5, 0.6) is 0 Å². The van der Waals surface area contributed by atoms with Crippen molar-refractivity contribution in [3.05, 3.63) is 36.5 Å². The van der Waals surface area contributed by atoms with E-state index in [1.54, 1.807) is 19.1 Å². The maximum Gasteiger partial charge on any atom is 0.337 e. The van der Waals surface area contributed by atoms with Crippen molar-refractivity contribution in [2.24, 2.45) is 0 Å². The Morgan fingerprint density at radius 1 is 1.58 bits per heavy atom. The molecule has 0 aliphatic carbocycles. The molecular formula is C9H12O3. The van der Waals surface area contributed by atoms with Gasteiger partial charge in [-0.25, -0.2) is 4.79 Å². The minimum atomic E-state index is -1.49. The number of aliphatic hydroxyl groups is 1. The summed E-state index contributed by atoms with van der Waals surface area (Å²) in [4.78, 5) is 10.3. The van der Waals surface area contributed by atoms with Gasteiger partial charge in [-0.05, 0) is 12.5 Å². The van der Waals surface area contributed by atoms with E-state index in [1.807, 2.05) is 0 Å². The number of aliphatic hydroxyl groups excluding tert-OH is 1. The molecule has 0 aromatic heterocycles. The zero-order chi connectivity index (χ0) is 9.56. The molecule has 3 nitrogen and oxygen atoms in total. The van der Waals surface area contributed by atoms with E-state index in [0.29, 0.717) is 0 Å². The number of carboxylic acid groups (broad SMARTS) is 1. The summed E-state index contributed by atoms with van der Waals surface area (Å²) in [6, 6.07) is 0. The number of carbonyl (C=O) groups is 1. The molecular weight excluding hydrogens is 156 g/mol. The summed E-state index contributed by atoms with van der Waals surface area (Å²) in [5.41, 5.74) is 0.278. The van der Waals surface area contributed by atoms with Crippen LogP contribution in [0.3, 0.4) is 0 Å². The van der Waals surface area contributed by atoms with Crippen molar-refractivity contribution < 1.29 is 15.0 Å². The smallest absolute Gasteiger partial charge is 0.337 e. The van der Waals surface area contributed by atoms with Gasteiger partial charge in [-0.2, -0.15) is 0 Å². The van der Waals surface area contributed by atoms with E-state index < -0.39 is 12.1 Å². The molecule has 0 saturated heterocycles. The van der Waals surface area contributed by atoms with Crippen molar-refractivity contribution in [1.82, 2.24) is 0 Å². The van der Waals surface area contributed by atoms with Gasteiger partial charge in [0.25, 0.3) is 0 Å². The summed E-state index contributed by atoms with van der Waals surface area (Å²) in [5, 5.41) is 17.5. The van der Waals surface area contributed by atoms with Gasteiger partial charge in [-0.15, -0.1) is 0 Å². The average Bonchev–Trinajstić information content (AvgIpc) is 2.05. The number of allylic oxidation sites excluding steroid dienone is 3. The summed E-state index contributed by atoms with van der Waals surface area (Å²) in [7, 11) is 0. The van der Waals surface area contributed by atoms with Crippen LogP contribution in [0.4, 0.5) is 0 Å². The van der Waals surface area contributed by atoms with Gasteiger partial charge < -0.3 is 10.2 Å². The quantitative estimate of drug-likeness (QED) is 0.618. The lowest BCUT2D eigenvalue weighted by molar-refractivity contribution is -0.144. The molecule has 0 aliphatic rings. The number of hydrogen-bond acceptors (Lipinski definition) is 2. The molecule has 0 radical (unpaired) electrons. The first-order chi connectivity index (χ1) is 5.63. The molecule has 2 N–H and O–H groups in total. The minimum absolute atomic E-state index is 0.278. The van der Waals surface area contributed by atoms with Gasteiger partial charge in [0, 0.05) is 0 Å². The molecule has 0 bridgehead atoms. The van der Waals surface area contributed by atoms with E-state index in [4.69, 9.17) is 10.2 Å². The lowest BCUT2D eigenvalue weighted by Gasteiger charge is -2.04. The Hall–Kier alpha value is -1.35. The van der Waals surface area contributed by atoms with E-state index in [9.17, 15) is 4.79 Å². The Balaban J connectivity index is 4.54. The molecule has 0 rings (SSSR count). The van der Waals surface area contributed by atoms with Gasteiger partial charge in [0.05, 0.1) is 0 Å². The first kappa shape index (κ1) is 10.7. The monoisotopic (exact) mass is 168 g/mol. The van der Waals surface area contributed by atoms with Crippen LogP contribution < -0.4 is 0 Å². The molecule has 0 fully saturated rings. The highest BCUT2D eigenvalue weighted by molar-refractivity contribution is 5.76. The van der Waals surface area contributed by atoms with E-state index in [0.717, 1.165) is 0 Å². The maximum atomic E-state index is 10.3. The zero-order valence-corrected chi connectivity index (χ0v) is 6.90. The lowest BCUT2D eigenvalue weighted by Crippen LogP contribution is -2.20. The van der Waals surface area contributed by atoms with Gasteiger partial charge >= 0.3 is 5.97 Å². The standard InChI is InChI=1S/C9H12O3/c1-3-5-6-7(4-2)8(10)9(11)12/h3-6,8,10H,2H2,1H3,(H,11,12)/b5-3-,7-6+. The molecule has 0 heterocycles. The van der Waals surface area contributed by atoms with Crippen LogP contribution in [-0.2, 0) is 4.79 Å². The summed E-state index contributed by atoms with van der Waals surface area (Å²) in [5.74, 6) is -1.27. The van der Waals surface area contributed by atoms with E-state index in [-0.39, 0.29) is 5.57 Å². The number of hydrogen-bond donors (Lipinski definition) is 2. The molecule has 66 valence electrons. The van der Waals surface area contributed by atoms with Crippen molar-refractivity contribution >= 4 is 5.97 Å². The Kier molecular flexibility index (Phi) is 4.72. The van der Waals surface area contributed by atoms with Gasteiger partial charge in [0.15, 0.2) is 6.10 Å². The van der Waals surface area contributed by atoms with Crippen LogP contribution >= 0.6 is 0 Å². The van der Waals surface area contributed by atoms with Crippen molar-refractivity contribution in [3.8, 4) is 0 Å². The van der Waals surface area contributed by atoms with Crippen molar-refractivity contribution in [2.75, 3.05) is 0 Å². The summed E-state index contributed by atoms with van der Waals surface area (Å²) >= 11 is 0. The fourth-order valence-electron chi connectivity index (χ4n) is 0.621. The predicted octanol–water partition coefficient (Wildman–Crippen LogP) is 1.12. The average molecular weight is 168 g/mol. The summed E-state index contributed by atoms with van der Waals surface area (Å²) in [6.07, 6.45) is 4.71. The van der Waals surface area contributed by atoms with E-state index >= 15 is 0 Å². The molecule has 0 aromatic rings. The third kappa shape index (κ3) is 3.16. The van der Waals surface area contributed by atoms with E-state index in [2.05, 4.69) is 6.58 Å². The van der Waals surface area contributed by atoms with E-state index in [1.165, 1.54) is 12.2 Å². The highest BCUT2D eigenvalue weighted by atomic mass is 16.4. The SMILES string of the molecule is C=C/C(=C\C=C/C)C(O)C(=O)O. The first-order valence-corrected chi connectivity index (χ1v) is 3.49. The van der Waals surface area contributed by atoms with Crippen LogP contribution in [0.25, 0.3) is 0 Å². The Bertz CT molecular complexity index is 226. The predicted molar refractivity (Wildman–Crippen MR) is 46.7 cm³/mol. The second kappa shape index (κ2) is 5.32. The Morgan fingerprint density at radius 3 is 2.50 bits per heavy atom. The third-order valence-electron chi connectivity index (χ3n) is 1.27. The summed E-state index contributed by atoms with van der Waals surface area (Å²) in [6.45, 7) is 5.19. The topological polar surface area (TPSA) is 57.5 Å². The molecule has 0 aromatic carbocycles. The fourth-order valence-corrected chi connectivity index (χ4v) is 0.621. The number of rotatable bonds is 4. The van der Waals surface area contributed by atoms with Crippen LogP contribution in [0, 0.1) is 0 Å². The van der Waals surface area contributed by atoms with Crippen LogP contribution in [0.2, 0.25) is 0 Å². The molecule has 0 saturated carbocycles. The Labute approximate surface area is 71.3 Å². The van der Waals surface area contributed by atoms with Crippen LogP contribution in [0.1, 0.15) is 6.92 Å². The highest BCUT2D eigenvalue weighted by Gasteiger charge is 2.14. The normalized spacial score (nSPS) is 14.7. The van der Waals surface area contributed by atoms with Crippen LogP contribution in [0.15, 0.2) is 36.5 Å². The molecule has 1 unspecified atom stereocenters. The largest absolute Gasteiger partial charge is 0.479 e. The molecule has 0 aliphatic heterocycles. The molecule has 12 heavy (non-hydrogen) atoms. The summed E-state index contributed by atoms with van der Waals surface area (Å²) < 4.78 is 0. The van der Waals surface area contributed by atoms with Crippen molar-refractivity contribution in [2.45, 2.75) is 13.0 Å². The molecule has 0 amide bonds. The van der Waals surface area contributed by atoms with Crippen LogP contribution in [-0.4, -0.2) is 22.3 Å². The highest BCUT2D eigenvalue weighted by Crippen LogP contribution is 2.03. The molecule has 3 heteroatoms. The molecule has 1 atom stereocenters. The maximum absolute atomic E-state index is 10.3.